The van der Waals surface area contributed by atoms with Gasteiger partial charge in [-0.1, -0.05) is 23.7 Å². The molecule has 1 aromatic heterocycles. The van der Waals surface area contributed by atoms with Crippen LogP contribution in [0.25, 0.3) is 11.3 Å². The first-order valence-electron chi connectivity index (χ1n) is 7.96. The van der Waals surface area contributed by atoms with Gasteiger partial charge in [-0.05, 0) is 42.8 Å². The maximum Gasteiger partial charge on any atom is 0.261 e. The Morgan fingerprint density at radius 1 is 1.12 bits per heavy atom. The fourth-order valence-corrected chi connectivity index (χ4v) is 4.23. The summed E-state index contributed by atoms with van der Waals surface area (Å²) in [5, 5.41) is 0.496. The van der Waals surface area contributed by atoms with Crippen molar-refractivity contribution in [3.05, 3.63) is 65.6 Å². The third kappa shape index (κ3) is 3.15. The van der Waals surface area contributed by atoms with Crippen LogP contribution in [0, 0.1) is 0 Å². The van der Waals surface area contributed by atoms with Gasteiger partial charge in [0, 0.05) is 29.2 Å². The lowest BCUT2D eigenvalue weighted by molar-refractivity contribution is 0.601. The summed E-state index contributed by atoms with van der Waals surface area (Å²) in [5.41, 5.74) is 2.47. The van der Waals surface area contributed by atoms with Gasteiger partial charge in [-0.15, -0.1) is 0 Å². The van der Waals surface area contributed by atoms with Crippen molar-refractivity contribution in [1.29, 1.82) is 0 Å². The highest BCUT2D eigenvalue weighted by Gasteiger charge is 2.18. The van der Waals surface area contributed by atoms with E-state index in [1.165, 1.54) is 12.1 Å². The van der Waals surface area contributed by atoms with E-state index in [0.29, 0.717) is 10.7 Å². The average molecular weight is 374 g/mol. The molecule has 4 rings (SSSR count). The number of rotatable bonds is 4. The highest BCUT2D eigenvalue weighted by Crippen LogP contribution is 2.28. The number of hydrogen-bond donors (Lipinski definition) is 1. The summed E-state index contributed by atoms with van der Waals surface area (Å²) < 4.78 is 29.9. The Morgan fingerprint density at radius 2 is 1.92 bits per heavy atom. The maximum absolute atomic E-state index is 12.5. The summed E-state index contributed by atoms with van der Waals surface area (Å²) in [5.74, 6) is 1.09. The number of anilines is 1. The molecule has 0 aliphatic carbocycles. The molecule has 1 N–H and O–H groups in total. The molecule has 3 aromatic rings. The number of aryl methyl sites for hydroxylation is 1. The zero-order chi connectivity index (χ0) is 17.4. The molecule has 0 fully saturated rings. The van der Waals surface area contributed by atoms with Gasteiger partial charge in [0.15, 0.2) is 0 Å². The lowest BCUT2D eigenvalue weighted by Gasteiger charge is -2.10. The van der Waals surface area contributed by atoms with Crippen LogP contribution in [0.5, 0.6) is 0 Å². The molecule has 128 valence electrons. The summed E-state index contributed by atoms with van der Waals surface area (Å²) >= 11 is 5.82. The molecule has 0 radical (unpaired) electrons. The Bertz CT molecular complexity index is 1030. The lowest BCUT2D eigenvalue weighted by Crippen LogP contribution is -2.12. The summed E-state index contributed by atoms with van der Waals surface area (Å²) in [6.07, 6.45) is 3.93. The Hall–Kier alpha value is -2.31. The van der Waals surface area contributed by atoms with E-state index in [2.05, 4.69) is 14.3 Å². The SMILES string of the molecule is O=S(=O)(Nc1cccc(-c2cnc3n2CCC3)c1)c1ccc(Cl)cc1. The van der Waals surface area contributed by atoms with E-state index in [1.54, 1.807) is 18.2 Å². The molecule has 5 nitrogen and oxygen atoms in total. The van der Waals surface area contributed by atoms with Crippen molar-refractivity contribution in [1.82, 2.24) is 9.55 Å². The lowest BCUT2D eigenvalue weighted by atomic mass is 10.1. The predicted molar refractivity (Wildman–Crippen MR) is 98.2 cm³/mol. The quantitative estimate of drug-likeness (QED) is 0.753. The van der Waals surface area contributed by atoms with Gasteiger partial charge in [0.2, 0.25) is 0 Å². The van der Waals surface area contributed by atoms with Gasteiger partial charge in [-0.25, -0.2) is 13.4 Å². The second-order valence-corrected chi connectivity index (χ2v) is 8.07. The molecule has 7 heteroatoms. The Balaban J connectivity index is 1.64. The molecule has 0 atom stereocenters. The van der Waals surface area contributed by atoms with Gasteiger partial charge in [-0.3, -0.25) is 4.72 Å². The standard InChI is InChI=1S/C18H16ClN3O2S/c19-14-6-8-16(9-7-14)25(23,24)21-15-4-1-3-13(11-15)17-12-20-18-5-2-10-22(17)18/h1,3-4,6-9,11-12,21H,2,5,10H2. The number of sulfonamides is 1. The Labute approximate surface area is 151 Å². The van der Waals surface area contributed by atoms with E-state index < -0.39 is 10.0 Å². The maximum atomic E-state index is 12.5. The zero-order valence-corrected chi connectivity index (χ0v) is 14.9. The first-order valence-corrected chi connectivity index (χ1v) is 9.82. The third-order valence-electron chi connectivity index (χ3n) is 4.25. The molecular weight excluding hydrogens is 358 g/mol. The van der Waals surface area contributed by atoms with E-state index in [9.17, 15) is 8.42 Å². The van der Waals surface area contributed by atoms with E-state index in [4.69, 9.17) is 11.6 Å². The number of benzene rings is 2. The van der Waals surface area contributed by atoms with Gasteiger partial charge < -0.3 is 4.57 Å². The number of halogens is 1. The first kappa shape index (κ1) is 16.2. The molecule has 1 aliphatic rings. The van der Waals surface area contributed by atoms with Crippen molar-refractivity contribution in [2.75, 3.05) is 4.72 Å². The topological polar surface area (TPSA) is 64.0 Å². The van der Waals surface area contributed by atoms with Crippen molar-refractivity contribution in [3.63, 3.8) is 0 Å². The molecule has 2 aromatic carbocycles. The van der Waals surface area contributed by atoms with Gasteiger partial charge in [0.05, 0.1) is 16.8 Å². The van der Waals surface area contributed by atoms with Crippen LogP contribution in [0.2, 0.25) is 5.02 Å². The van der Waals surface area contributed by atoms with Gasteiger partial charge in [0.1, 0.15) is 5.82 Å². The van der Waals surface area contributed by atoms with Crippen molar-refractivity contribution in [3.8, 4) is 11.3 Å². The number of fused-ring (bicyclic) bond motifs is 1. The number of nitrogens with one attached hydrogen (secondary N) is 1. The van der Waals surface area contributed by atoms with Crippen LogP contribution >= 0.6 is 11.6 Å². The molecule has 0 amide bonds. The number of imidazole rings is 1. The normalized spacial score (nSPS) is 13.6. The molecule has 0 spiro atoms. The van der Waals surface area contributed by atoms with E-state index in [0.717, 1.165) is 36.5 Å². The van der Waals surface area contributed by atoms with E-state index >= 15 is 0 Å². The van der Waals surface area contributed by atoms with Crippen LogP contribution < -0.4 is 4.72 Å². The number of nitrogens with zero attached hydrogens (tertiary/aromatic N) is 2. The van der Waals surface area contributed by atoms with Crippen molar-refractivity contribution in [2.24, 2.45) is 0 Å². The predicted octanol–water partition coefficient (Wildman–Crippen LogP) is 3.95. The molecular formula is C18H16ClN3O2S. The van der Waals surface area contributed by atoms with Crippen molar-refractivity contribution < 1.29 is 8.42 Å². The smallest absolute Gasteiger partial charge is 0.261 e. The van der Waals surface area contributed by atoms with Crippen molar-refractivity contribution in [2.45, 2.75) is 24.3 Å². The molecule has 0 bridgehead atoms. The van der Waals surface area contributed by atoms with Crippen LogP contribution in [0.15, 0.2) is 59.6 Å². The fraction of sp³-hybridized carbons (Fsp3) is 0.167. The Kier molecular flexibility index (Phi) is 4.01. The average Bonchev–Trinajstić information content (AvgIpc) is 3.18. The second-order valence-electron chi connectivity index (χ2n) is 5.96. The molecule has 0 saturated heterocycles. The van der Waals surface area contributed by atoms with Gasteiger partial charge in [0.25, 0.3) is 10.0 Å². The number of hydrogen-bond acceptors (Lipinski definition) is 3. The first-order chi connectivity index (χ1) is 12.0. The summed E-state index contributed by atoms with van der Waals surface area (Å²) in [6, 6.07) is 13.4. The van der Waals surface area contributed by atoms with E-state index in [-0.39, 0.29) is 4.90 Å². The van der Waals surface area contributed by atoms with Crippen LogP contribution in [-0.4, -0.2) is 18.0 Å². The summed E-state index contributed by atoms with van der Waals surface area (Å²) in [4.78, 5) is 4.62. The minimum Gasteiger partial charge on any atom is -0.328 e. The minimum absolute atomic E-state index is 0.174. The Morgan fingerprint density at radius 3 is 2.72 bits per heavy atom. The largest absolute Gasteiger partial charge is 0.328 e. The van der Waals surface area contributed by atoms with Gasteiger partial charge >= 0.3 is 0 Å². The second kappa shape index (κ2) is 6.20. The van der Waals surface area contributed by atoms with Crippen LogP contribution in [0.4, 0.5) is 5.69 Å². The van der Waals surface area contributed by atoms with Crippen molar-refractivity contribution >= 4 is 27.3 Å². The molecule has 2 heterocycles. The monoisotopic (exact) mass is 373 g/mol. The number of aromatic nitrogens is 2. The highest BCUT2D eigenvalue weighted by atomic mass is 35.5. The minimum atomic E-state index is -3.66. The summed E-state index contributed by atoms with van der Waals surface area (Å²) in [7, 11) is -3.66. The summed E-state index contributed by atoms with van der Waals surface area (Å²) in [6.45, 7) is 0.950. The van der Waals surface area contributed by atoms with Gasteiger partial charge in [-0.2, -0.15) is 0 Å². The van der Waals surface area contributed by atoms with Crippen LogP contribution in [-0.2, 0) is 23.0 Å². The molecule has 25 heavy (non-hydrogen) atoms. The van der Waals surface area contributed by atoms with Crippen LogP contribution in [0.3, 0.4) is 0 Å². The highest BCUT2D eigenvalue weighted by molar-refractivity contribution is 7.92. The molecule has 0 unspecified atom stereocenters. The fourth-order valence-electron chi connectivity index (χ4n) is 3.06. The third-order valence-corrected chi connectivity index (χ3v) is 5.90. The molecule has 1 aliphatic heterocycles. The van der Waals surface area contributed by atoms with Crippen LogP contribution in [0.1, 0.15) is 12.2 Å². The zero-order valence-electron chi connectivity index (χ0n) is 13.3. The van der Waals surface area contributed by atoms with E-state index in [1.807, 2.05) is 24.4 Å². The molecule has 0 saturated carbocycles.